The molecule has 1 fully saturated rings. The van der Waals surface area contributed by atoms with Gasteiger partial charge in [0.2, 0.25) is 0 Å². The molecule has 0 amide bonds. The Morgan fingerprint density at radius 3 is 2.79 bits per heavy atom. The van der Waals surface area contributed by atoms with Gasteiger partial charge in [-0.25, -0.2) is 0 Å². The number of aryl methyl sites for hydroxylation is 1. The maximum absolute atomic E-state index is 10.1. The fourth-order valence-corrected chi connectivity index (χ4v) is 3.58. The van der Waals surface area contributed by atoms with Gasteiger partial charge in [0.25, 0.3) is 0 Å². The highest BCUT2D eigenvalue weighted by Crippen LogP contribution is 2.22. The lowest BCUT2D eigenvalue weighted by Crippen LogP contribution is -2.38. The van der Waals surface area contributed by atoms with Crippen LogP contribution in [0.5, 0.6) is 0 Å². The molecule has 5 nitrogen and oxygen atoms in total. The topological polar surface area (TPSA) is 53.3 Å². The lowest BCUT2D eigenvalue weighted by Gasteiger charge is -2.26. The third-order valence-corrected chi connectivity index (χ3v) is 4.87. The second kappa shape index (κ2) is 7.92. The number of hydrogen-bond acceptors (Lipinski definition) is 4. The van der Waals surface area contributed by atoms with Gasteiger partial charge in [0, 0.05) is 50.5 Å². The zero-order chi connectivity index (χ0) is 16.9. The molecule has 3 unspecified atom stereocenters. The minimum atomic E-state index is -0.223. The molecule has 1 aromatic heterocycles. The first kappa shape index (κ1) is 17.1. The Labute approximate surface area is 144 Å². The summed E-state index contributed by atoms with van der Waals surface area (Å²) in [5, 5.41) is 18.1. The fraction of sp³-hybridized carbons (Fsp3) is 0.526. The highest BCUT2D eigenvalue weighted by Gasteiger charge is 2.31. The van der Waals surface area contributed by atoms with Crippen molar-refractivity contribution in [2.24, 2.45) is 7.05 Å². The molecule has 2 aromatic rings. The summed E-state index contributed by atoms with van der Waals surface area (Å²) >= 11 is 0. The van der Waals surface area contributed by atoms with Crippen molar-refractivity contribution in [1.82, 2.24) is 20.0 Å². The van der Waals surface area contributed by atoms with Gasteiger partial charge in [-0.05, 0) is 18.4 Å². The number of nitrogens with one attached hydrogen (secondary N) is 1. The van der Waals surface area contributed by atoms with E-state index in [1.54, 1.807) is 0 Å². The Morgan fingerprint density at radius 1 is 1.33 bits per heavy atom. The normalized spacial score (nSPS) is 22.8. The fourth-order valence-electron chi connectivity index (χ4n) is 3.58. The molecule has 24 heavy (non-hydrogen) atoms. The van der Waals surface area contributed by atoms with E-state index in [0.717, 1.165) is 32.5 Å². The van der Waals surface area contributed by atoms with Gasteiger partial charge in [-0.15, -0.1) is 0 Å². The van der Waals surface area contributed by atoms with Gasteiger partial charge in [-0.2, -0.15) is 5.10 Å². The van der Waals surface area contributed by atoms with Crippen LogP contribution in [-0.4, -0.2) is 45.0 Å². The highest BCUT2D eigenvalue weighted by molar-refractivity contribution is 5.15. The first-order valence-corrected chi connectivity index (χ1v) is 8.83. The third-order valence-electron chi connectivity index (χ3n) is 4.87. The van der Waals surface area contributed by atoms with Crippen LogP contribution < -0.4 is 5.32 Å². The molecule has 0 radical (unpaired) electrons. The second-order valence-electron chi connectivity index (χ2n) is 6.77. The Morgan fingerprint density at radius 2 is 2.12 bits per heavy atom. The zero-order valence-corrected chi connectivity index (χ0v) is 14.6. The molecule has 1 aliphatic rings. The number of hydrogen-bond donors (Lipinski definition) is 2. The number of aliphatic hydroxyl groups excluding tert-OH is 1. The van der Waals surface area contributed by atoms with E-state index in [0.29, 0.717) is 12.1 Å². The number of rotatable bonds is 7. The number of likely N-dealkylation sites (tertiary alicyclic amines) is 1. The lowest BCUT2D eigenvalue weighted by molar-refractivity contribution is 0.172. The summed E-state index contributed by atoms with van der Waals surface area (Å²) in [6.45, 7) is 4.73. The number of benzene rings is 1. The monoisotopic (exact) mass is 328 g/mol. The van der Waals surface area contributed by atoms with Gasteiger partial charge in [-0.1, -0.05) is 37.3 Å². The van der Waals surface area contributed by atoms with Crippen molar-refractivity contribution in [3.05, 3.63) is 53.9 Å². The van der Waals surface area contributed by atoms with Crippen LogP contribution in [0.1, 0.15) is 36.9 Å². The Kier molecular flexibility index (Phi) is 5.66. The van der Waals surface area contributed by atoms with Gasteiger partial charge >= 0.3 is 0 Å². The molecule has 1 aliphatic heterocycles. The molecule has 2 N–H and O–H groups in total. The standard InChI is InChI=1S/C19H28N4O/c1-3-19(16-10-21-22(2)13-16)20-11-17-9-18(24)14-23(17)12-15-7-5-4-6-8-15/h4-8,10,13,17-20,24H,3,9,11-12,14H2,1-2H3. The molecular weight excluding hydrogens is 300 g/mol. The summed E-state index contributed by atoms with van der Waals surface area (Å²) in [6.07, 6.45) is 5.65. The van der Waals surface area contributed by atoms with E-state index in [-0.39, 0.29) is 6.10 Å². The molecular formula is C19H28N4O. The molecule has 2 heterocycles. The van der Waals surface area contributed by atoms with Crippen molar-refractivity contribution in [3.63, 3.8) is 0 Å². The first-order valence-electron chi connectivity index (χ1n) is 8.83. The number of β-amino-alcohol motifs (C(OH)–C–C–N with tert-alkyl or cyclic N) is 1. The van der Waals surface area contributed by atoms with Crippen LogP contribution in [0.25, 0.3) is 0 Å². The van der Waals surface area contributed by atoms with E-state index in [1.807, 2.05) is 24.0 Å². The van der Waals surface area contributed by atoms with Crippen molar-refractivity contribution in [3.8, 4) is 0 Å². The summed E-state index contributed by atoms with van der Waals surface area (Å²) in [4.78, 5) is 2.39. The Hall–Kier alpha value is -1.69. The van der Waals surface area contributed by atoms with Crippen LogP contribution in [0.15, 0.2) is 42.7 Å². The summed E-state index contributed by atoms with van der Waals surface area (Å²) in [6, 6.07) is 11.2. The van der Waals surface area contributed by atoms with Crippen LogP contribution in [0.4, 0.5) is 0 Å². The minimum Gasteiger partial charge on any atom is -0.392 e. The minimum absolute atomic E-state index is 0.223. The largest absolute Gasteiger partial charge is 0.392 e. The molecule has 1 aromatic carbocycles. The van der Waals surface area contributed by atoms with Gasteiger partial charge < -0.3 is 10.4 Å². The van der Waals surface area contributed by atoms with Gasteiger partial charge in [0.1, 0.15) is 0 Å². The molecule has 0 saturated carbocycles. The van der Waals surface area contributed by atoms with Crippen molar-refractivity contribution in [1.29, 1.82) is 0 Å². The molecule has 130 valence electrons. The van der Waals surface area contributed by atoms with Crippen molar-refractivity contribution < 1.29 is 5.11 Å². The van der Waals surface area contributed by atoms with E-state index in [9.17, 15) is 5.11 Å². The van der Waals surface area contributed by atoms with Gasteiger partial charge in [-0.3, -0.25) is 9.58 Å². The van der Waals surface area contributed by atoms with E-state index >= 15 is 0 Å². The number of aromatic nitrogens is 2. The van der Waals surface area contributed by atoms with Crippen LogP contribution in [0.3, 0.4) is 0 Å². The molecule has 3 rings (SSSR count). The third kappa shape index (κ3) is 4.23. The van der Waals surface area contributed by atoms with Gasteiger partial charge in [0.15, 0.2) is 0 Å². The zero-order valence-electron chi connectivity index (χ0n) is 14.6. The maximum atomic E-state index is 10.1. The van der Waals surface area contributed by atoms with Crippen molar-refractivity contribution in [2.75, 3.05) is 13.1 Å². The van der Waals surface area contributed by atoms with E-state index in [2.05, 4.69) is 52.7 Å². The summed E-state index contributed by atoms with van der Waals surface area (Å²) in [7, 11) is 1.95. The molecule has 0 spiro atoms. The van der Waals surface area contributed by atoms with Crippen LogP contribution in [0.2, 0.25) is 0 Å². The van der Waals surface area contributed by atoms with Crippen LogP contribution in [0, 0.1) is 0 Å². The molecule has 1 saturated heterocycles. The summed E-state index contributed by atoms with van der Waals surface area (Å²) in [5.74, 6) is 0. The maximum Gasteiger partial charge on any atom is 0.0682 e. The Balaban J connectivity index is 1.59. The molecule has 0 aliphatic carbocycles. The number of nitrogens with zero attached hydrogens (tertiary/aromatic N) is 3. The summed E-state index contributed by atoms with van der Waals surface area (Å²) < 4.78 is 1.85. The van der Waals surface area contributed by atoms with Crippen molar-refractivity contribution >= 4 is 0 Å². The van der Waals surface area contributed by atoms with Gasteiger partial charge in [0.05, 0.1) is 12.3 Å². The smallest absolute Gasteiger partial charge is 0.0682 e. The lowest BCUT2D eigenvalue weighted by atomic mass is 10.1. The molecule has 5 heteroatoms. The first-order chi connectivity index (χ1) is 11.7. The van der Waals surface area contributed by atoms with Crippen LogP contribution in [-0.2, 0) is 13.6 Å². The van der Waals surface area contributed by atoms with E-state index in [1.165, 1.54) is 11.1 Å². The van der Waals surface area contributed by atoms with E-state index in [4.69, 9.17) is 0 Å². The predicted molar refractivity (Wildman–Crippen MR) is 95.5 cm³/mol. The second-order valence-corrected chi connectivity index (χ2v) is 6.77. The van der Waals surface area contributed by atoms with Crippen molar-refractivity contribution in [2.45, 2.75) is 44.5 Å². The summed E-state index contributed by atoms with van der Waals surface area (Å²) in [5.41, 5.74) is 2.53. The SMILES string of the molecule is CCC(NCC1CC(O)CN1Cc1ccccc1)c1cnn(C)c1. The average molecular weight is 328 g/mol. The number of aliphatic hydroxyl groups is 1. The quantitative estimate of drug-likeness (QED) is 0.817. The van der Waals surface area contributed by atoms with Crippen LogP contribution >= 0.6 is 0 Å². The predicted octanol–water partition coefficient (Wildman–Crippen LogP) is 2.10. The molecule has 3 atom stereocenters. The molecule has 0 bridgehead atoms. The Bertz CT molecular complexity index is 627. The average Bonchev–Trinajstić information content (AvgIpc) is 3.15. The highest BCUT2D eigenvalue weighted by atomic mass is 16.3. The van der Waals surface area contributed by atoms with E-state index < -0.39 is 0 Å².